The van der Waals surface area contributed by atoms with E-state index in [2.05, 4.69) is 5.32 Å². The van der Waals surface area contributed by atoms with Crippen LogP contribution in [0.1, 0.15) is 38.5 Å². The summed E-state index contributed by atoms with van der Waals surface area (Å²) in [5, 5.41) is 2.89. The van der Waals surface area contributed by atoms with Gasteiger partial charge in [-0.2, -0.15) is 11.8 Å². The molecule has 0 aromatic rings. The fourth-order valence-electron chi connectivity index (χ4n) is 1.51. The predicted octanol–water partition coefficient (Wildman–Crippen LogP) is 2.64. The van der Waals surface area contributed by atoms with E-state index in [9.17, 15) is 9.36 Å². The molecule has 0 aliphatic rings. The smallest absolute Gasteiger partial charge is 0.325 e. The molecular weight excluding hydrogens is 285 g/mol. The molecular formula is C12H26NO4PS. The van der Waals surface area contributed by atoms with Gasteiger partial charge in [-0.15, -0.1) is 0 Å². The van der Waals surface area contributed by atoms with E-state index in [0.717, 1.165) is 37.9 Å². The summed E-state index contributed by atoms with van der Waals surface area (Å²) < 4.78 is 15.6. The Balaban J connectivity index is 3.22. The number of carbonyl (C=O) groups is 1. The number of hydrogen-bond acceptors (Lipinski definition) is 4. The summed E-state index contributed by atoms with van der Waals surface area (Å²) >= 11 is 1.76. The zero-order chi connectivity index (χ0) is 14.6. The van der Waals surface area contributed by atoms with Crippen LogP contribution < -0.4 is 5.32 Å². The van der Waals surface area contributed by atoms with Gasteiger partial charge >= 0.3 is 7.60 Å². The SMILES string of the molecule is CSCCCC(=O)NCCCCCCOP(C)(=O)O. The van der Waals surface area contributed by atoms with Crippen LogP contribution in [0.2, 0.25) is 0 Å². The molecule has 0 fully saturated rings. The highest BCUT2D eigenvalue weighted by molar-refractivity contribution is 7.98. The van der Waals surface area contributed by atoms with Gasteiger partial charge < -0.3 is 14.7 Å². The maximum atomic E-state index is 11.4. The lowest BCUT2D eigenvalue weighted by Gasteiger charge is -2.07. The van der Waals surface area contributed by atoms with Crippen molar-refractivity contribution in [2.24, 2.45) is 0 Å². The molecule has 0 heterocycles. The molecule has 0 saturated carbocycles. The summed E-state index contributed by atoms with van der Waals surface area (Å²) in [7, 11) is -3.31. The summed E-state index contributed by atoms with van der Waals surface area (Å²) in [5.74, 6) is 1.16. The van der Waals surface area contributed by atoms with Crippen LogP contribution in [0.25, 0.3) is 0 Å². The number of carbonyl (C=O) groups excluding carboxylic acids is 1. The molecule has 114 valence electrons. The predicted molar refractivity (Wildman–Crippen MR) is 80.8 cm³/mol. The first-order valence-corrected chi connectivity index (χ1v) is 10.1. The van der Waals surface area contributed by atoms with Crippen molar-refractivity contribution in [2.45, 2.75) is 38.5 Å². The summed E-state index contributed by atoms with van der Waals surface area (Å²) in [6.45, 7) is 2.23. The second-order valence-electron chi connectivity index (χ2n) is 4.50. The molecule has 1 amide bonds. The van der Waals surface area contributed by atoms with Crippen LogP contribution in [0.5, 0.6) is 0 Å². The van der Waals surface area contributed by atoms with Gasteiger partial charge in [0, 0.05) is 19.6 Å². The van der Waals surface area contributed by atoms with Crippen molar-refractivity contribution in [3.63, 3.8) is 0 Å². The normalized spacial score (nSPS) is 14.1. The van der Waals surface area contributed by atoms with Crippen molar-refractivity contribution in [3.8, 4) is 0 Å². The fourth-order valence-corrected chi connectivity index (χ4v) is 2.41. The van der Waals surface area contributed by atoms with Gasteiger partial charge in [0.1, 0.15) is 0 Å². The zero-order valence-corrected chi connectivity index (χ0v) is 13.6. The number of hydrogen-bond donors (Lipinski definition) is 2. The minimum absolute atomic E-state index is 0.129. The maximum absolute atomic E-state index is 11.4. The third kappa shape index (κ3) is 15.9. The number of unbranched alkanes of at least 4 members (excludes halogenated alkanes) is 3. The lowest BCUT2D eigenvalue weighted by molar-refractivity contribution is -0.121. The zero-order valence-electron chi connectivity index (χ0n) is 11.9. The highest BCUT2D eigenvalue weighted by atomic mass is 32.2. The molecule has 19 heavy (non-hydrogen) atoms. The summed E-state index contributed by atoms with van der Waals surface area (Å²) in [5.41, 5.74) is 0. The van der Waals surface area contributed by atoms with Crippen LogP contribution in [0, 0.1) is 0 Å². The molecule has 0 aromatic heterocycles. The van der Waals surface area contributed by atoms with Gasteiger partial charge in [0.05, 0.1) is 6.61 Å². The monoisotopic (exact) mass is 311 g/mol. The Morgan fingerprint density at radius 2 is 1.95 bits per heavy atom. The van der Waals surface area contributed by atoms with Crippen molar-refractivity contribution in [1.29, 1.82) is 0 Å². The first kappa shape index (κ1) is 19.0. The van der Waals surface area contributed by atoms with Gasteiger partial charge in [0.15, 0.2) is 0 Å². The molecule has 1 unspecified atom stereocenters. The Hall–Kier alpha value is -0.0300. The van der Waals surface area contributed by atoms with E-state index < -0.39 is 7.60 Å². The first-order chi connectivity index (χ1) is 8.95. The van der Waals surface area contributed by atoms with Crippen LogP contribution in [-0.4, -0.2) is 42.6 Å². The summed E-state index contributed by atoms with van der Waals surface area (Å²) in [4.78, 5) is 20.3. The van der Waals surface area contributed by atoms with E-state index in [4.69, 9.17) is 9.42 Å². The van der Waals surface area contributed by atoms with E-state index in [1.807, 2.05) is 6.26 Å². The molecule has 2 N–H and O–H groups in total. The lowest BCUT2D eigenvalue weighted by atomic mass is 10.2. The van der Waals surface area contributed by atoms with E-state index in [1.165, 1.54) is 6.66 Å². The van der Waals surface area contributed by atoms with Crippen molar-refractivity contribution in [2.75, 3.05) is 31.8 Å². The van der Waals surface area contributed by atoms with Crippen molar-refractivity contribution < 1.29 is 18.8 Å². The van der Waals surface area contributed by atoms with Gasteiger partial charge in [-0.1, -0.05) is 12.8 Å². The topological polar surface area (TPSA) is 75.6 Å². The molecule has 0 bridgehead atoms. The van der Waals surface area contributed by atoms with Gasteiger partial charge in [-0.3, -0.25) is 9.36 Å². The molecule has 1 atom stereocenters. The molecule has 5 nitrogen and oxygen atoms in total. The molecule has 0 aliphatic carbocycles. The quantitative estimate of drug-likeness (QED) is 0.428. The van der Waals surface area contributed by atoms with Gasteiger partial charge in [-0.05, 0) is 31.3 Å². The van der Waals surface area contributed by atoms with Gasteiger partial charge in [0.25, 0.3) is 0 Å². The highest BCUT2D eigenvalue weighted by Crippen LogP contribution is 2.36. The largest absolute Gasteiger partial charge is 0.356 e. The standard InChI is InChI=1S/C12H26NO4PS/c1-18(15,16)17-10-6-4-3-5-9-13-12(14)8-7-11-19-2/h3-11H2,1-2H3,(H,13,14)(H,15,16). The average molecular weight is 311 g/mol. The second kappa shape index (κ2) is 11.8. The molecule has 0 aliphatic heterocycles. The van der Waals surface area contributed by atoms with Crippen LogP contribution in [-0.2, 0) is 13.9 Å². The van der Waals surface area contributed by atoms with Crippen LogP contribution >= 0.6 is 19.4 Å². The van der Waals surface area contributed by atoms with Crippen LogP contribution in [0.3, 0.4) is 0 Å². The first-order valence-electron chi connectivity index (χ1n) is 6.66. The second-order valence-corrected chi connectivity index (χ2v) is 7.35. The summed E-state index contributed by atoms with van der Waals surface area (Å²) in [6.07, 6.45) is 7.24. The van der Waals surface area contributed by atoms with E-state index in [0.29, 0.717) is 19.6 Å². The Morgan fingerprint density at radius 1 is 1.26 bits per heavy atom. The molecule has 0 aromatic carbocycles. The van der Waals surface area contributed by atoms with Crippen molar-refractivity contribution in [3.05, 3.63) is 0 Å². The van der Waals surface area contributed by atoms with E-state index >= 15 is 0 Å². The van der Waals surface area contributed by atoms with Gasteiger partial charge in [-0.25, -0.2) is 0 Å². The van der Waals surface area contributed by atoms with Gasteiger partial charge in [0.2, 0.25) is 5.91 Å². The molecule has 0 spiro atoms. The number of nitrogens with one attached hydrogen (secondary N) is 1. The van der Waals surface area contributed by atoms with Crippen LogP contribution in [0.15, 0.2) is 0 Å². The Kier molecular flexibility index (Phi) is 11.7. The molecule has 0 rings (SSSR count). The number of thioether (sulfide) groups is 1. The molecule has 0 saturated heterocycles. The van der Waals surface area contributed by atoms with Crippen molar-refractivity contribution >= 4 is 25.3 Å². The third-order valence-corrected chi connectivity index (χ3v) is 3.83. The van der Waals surface area contributed by atoms with E-state index in [1.54, 1.807) is 11.8 Å². The van der Waals surface area contributed by atoms with E-state index in [-0.39, 0.29) is 5.91 Å². The maximum Gasteiger partial charge on any atom is 0.325 e. The fraction of sp³-hybridized carbons (Fsp3) is 0.917. The van der Waals surface area contributed by atoms with Crippen LogP contribution in [0.4, 0.5) is 0 Å². The Labute approximate surface area is 120 Å². The van der Waals surface area contributed by atoms with Crippen molar-refractivity contribution in [1.82, 2.24) is 5.32 Å². The Morgan fingerprint density at radius 3 is 2.58 bits per heavy atom. The third-order valence-electron chi connectivity index (χ3n) is 2.48. The number of amides is 1. The number of rotatable bonds is 12. The average Bonchev–Trinajstić information content (AvgIpc) is 2.31. The highest BCUT2D eigenvalue weighted by Gasteiger charge is 2.08. The minimum Gasteiger partial charge on any atom is -0.356 e. The molecule has 0 radical (unpaired) electrons. The summed E-state index contributed by atoms with van der Waals surface area (Å²) in [6, 6.07) is 0. The molecule has 7 heteroatoms. The minimum atomic E-state index is -3.31. The lowest BCUT2D eigenvalue weighted by Crippen LogP contribution is -2.24. The Bertz CT molecular complexity index is 283.